The first-order valence-corrected chi connectivity index (χ1v) is 5.16. The fraction of sp³-hybridized carbons (Fsp3) is 0.167. The van der Waals surface area contributed by atoms with Crippen molar-refractivity contribution in [1.29, 1.82) is 0 Å². The lowest BCUT2D eigenvalue weighted by molar-refractivity contribution is 1.53. The quantitative estimate of drug-likeness (QED) is 0.602. The molecule has 13 heavy (non-hydrogen) atoms. The largest absolute Gasteiger partial charge is 0.183 e. The summed E-state index contributed by atoms with van der Waals surface area (Å²) in [6.45, 7) is 2.14. The summed E-state index contributed by atoms with van der Waals surface area (Å²) in [5, 5.41) is 2.68. The zero-order valence-corrected chi connectivity index (χ0v) is 8.88. The Bertz CT molecular complexity index is 374. The molecular weight excluding hydrogens is 176 g/mol. The van der Waals surface area contributed by atoms with Crippen molar-refractivity contribution in [3.8, 4) is 0 Å². The van der Waals surface area contributed by atoms with Crippen LogP contribution in [0.5, 0.6) is 0 Å². The predicted octanol–water partition coefficient (Wildman–Crippen LogP) is 3.69. The number of rotatable bonds is 0. The van der Waals surface area contributed by atoms with Crippen molar-refractivity contribution < 1.29 is 0 Å². The van der Waals surface area contributed by atoms with Crippen molar-refractivity contribution >= 4 is 23.4 Å². The standard InChI is InChI=1S/C11H10.CH4S/c1-9-5-4-7-10-6-2-3-8-11(9)10;1-2/h2-8H,1H3;2H,1H3. The Morgan fingerprint density at radius 3 is 2.15 bits per heavy atom. The van der Waals surface area contributed by atoms with Gasteiger partial charge in [-0.25, -0.2) is 0 Å². The minimum atomic E-state index is 1.33. The molecule has 0 heterocycles. The molecule has 0 fully saturated rings. The van der Waals surface area contributed by atoms with E-state index < -0.39 is 0 Å². The van der Waals surface area contributed by atoms with Crippen LogP contribution in [0.25, 0.3) is 10.8 Å². The number of benzene rings is 2. The van der Waals surface area contributed by atoms with Crippen LogP contribution in [0.15, 0.2) is 42.5 Å². The van der Waals surface area contributed by atoms with E-state index in [1.54, 1.807) is 6.26 Å². The van der Waals surface area contributed by atoms with Gasteiger partial charge in [-0.15, -0.1) is 0 Å². The number of hydrogen-bond donors (Lipinski definition) is 1. The third-order valence-corrected chi connectivity index (χ3v) is 2.01. The van der Waals surface area contributed by atoms with Gasteiger partial charge in [0.1, 0.15) is 0 Å². The van der Waals surface area contributed by atoms with Gasteiger partial charge in [0.25, 0.3) is 0 Å². The maximum Gasteiger partial charge on any atom is -0.0155 e. The third kappa shape index (κ3) is 2.25. The molecule has 68 valence electrons. The second-order valence-corrected chi connectivity index (χ2v) is 2.80. The second-order valence-electron chi connectivity index (χ2n) is 2.80. The Balaban J connectivity index is 0.000000396. The normalized spacial score (nSPS) is 9.15. The summed E-state index contributed by atoms with van der Waals surface area (Å²) in [7, 11) is 0. The first kappa shape index (κ1) is 10.1. The highest BCUT2D eigenvalue weighted by Gasteiger charge is 1.91. The highest BCUT2D eigenvalue weighted by Crippen LogP contribution is 2.16. The zero-order valence-electron chi connectivity index (χ0n) is 7.99. The van der Waals surface area contributed by atoms with Gasteiger partial charge in [0, 0.05) is 0 Å². The van der Waals surface area contributed by atoms with Gasteiger partial charge in [0.05, 0.1) is 0 Å². The molecule has 0 aliphatic heterocycles. The third-order valence-electron chi connectivity index (χ3n) is 2.01. The Morgan fingerprint density at radius 1 is 0.846 bits per heavy atom. The molecule has 0 aromatic heterocycles. The van der Waals surface area contributed by atoms with Gasteiger partial charge >= 0.3 is 0 Å². The molecule has 0 atom stereocenters. The van der Waals surface area contributed by atoms with E-state index in [1.807, 2.05) is 0 Å². The van der Waals surface area contributed by atoms with Gasteiger partial charge in [-0.3, -0.25) is 0 Å². The van der Waals surface area contributed by atoms with Crippen LogP contribution in [0.1, 0.15) is 5.56 Å². The van der Waals surface area contributed by atoms with Gasteiger partial charge in [0.2, 0.25) is 0 Å². The van der Waals surface area contributed by atoms with E-state index in [-0.39, 0.29) is 0 Å². The Labute approximate surface area is 85.0 Å². The summed E-state index contributed by atoms with van der Waals surface area (Å²) in [4.78, 5) is 0. The zero-order chi connectivity index (χ0) is 9.68. The van der Waals surface area contributed by atoms with Crippen LogP contribution in [0.4, 0.5) is 0 Å². The summed E-state index contributed by atoms with van der Waals surface area (Å²) < 4.78 is 0. The molecule has 0 unspecified atom stereocenters. The smallest absolute Gasteiger partial charge is 0.0155 e. The summed E-state index contributed by atoms with van der Waals surface area (Å²) in [5.41, 5.74) is 1.35. The number of hydrogen-bond acceptors (Lipinski definition) is 1. The molecule has 0 aliphatic carbocycles. The molecule has 1 heteroatoms. The molecule has 0 aliphatic rings. The summed E-state index contributed by atoms with van der Waals surface area (Å²) in [6.07, 6.45) is 1.69. The molecule has 0 amide bonds. The fourth-order valence-electron chi connectivity index (χ4n) is 1.39. The van der Waals surface area contributed by atoms with E-state index in [0.29, 0.717) is 0 Å². The van der Waals surface area contributed by atoms with E-state index >= 15 is 0 Å². The van der Waals surface area contributed by atoms with Crippen LogP contribution in [0.3, 0.4) is 0 Å². The molecule has 0 saturated heterocycles. The lowest BCUT2D eigenvalue weighted by Crippen LogP contribution is -1.75. The molecule has 0 N–H and O–H groups in total. The molecule has 0 nitrogen and oxygen atoms in total. The van der Waals surface area contributed by atoms with Crippen LogP contribution in [0, 0.1) is 6.92 Å². The van der Waals surface area contributed by atoms with E-state index in [0.717, 1.165) is 0 Å². The molecular formula is C12H14S. The van der Waals surface area contributed by atoms with E-state index in [9.17, 15) is 0 Å². The monoisotopic (exact) mass is 190 g/mol. The van der Waals surface area contributed by atoms with Crippen molar-refractivity contribution in [2.24, 2.45) is 0 Å². The first-order valence-electron chi connectivity index (χ1n) is 4.27. The number of fused-ring (bicyclic) bond motifs is 1. The topological polar surface area (TPSA) is 0 Å². The average molecular weight is 190 g/mol. The highest BCUT2D eigenvalue weighted by molar-refractivity contribution is 7.79. The Hall–Kier alpha value is -0.950. The maximum atomic E-state index is 3.53. The minimum absolute atomic E-state index is 1.33. The van der Waals surface area contributed by atoms with Crippen LogP contribution in [0.2, 0.25) is 0 Å². The van der Waals surface area contributed by atoms with E-state index in [2.05, 4.69) is 62.0 Å². The highest BCUT2D eigenvalue weighted by atomic mass is 32.1. The van der Waals surface area contributed by atoms with Crippen molar-refractivity contribution in [2.75, 3.05) is 6.26 Å². The Kier molecular flexibility index (Phi) is 3.84. The molecule has 2 rings (SSSR count). The molecule has 2 aromatic carbocycles. The molecule has 2 aromatic rings. The molecule has 0 saturated carbocycles. The SMILES string of the molecule is CS.Cc1cccc2ccccc12. The van der Waals surface area contributed by atoms with Crippen molar-refractivity contribution in [3.05, 3.63) is 48.0 Å². The minimum Gasteiger partial charge on any atom is -0.183 e. The average Bonchev–Trinajstić information content (AvgIpc) is 2.22. The summed E-state index contributed by atoms with van der Waals surface area (Å²) in [6, 6.07) is 14.8. The van der Waals surface area contributed by atoms with Crippen LogP contribution < -0.4 is 0 Å². The van der Waals surface area contributed by atoms with Crippen molar-refractivity contribution in [1.82, 2.24) is 0 Å². The molecule has 0 spiro atoms. The van der Waals surface area contributed by atoms with Gasteiger partial charge in [0.15, 0.2) is 0 Å². The van der Waals surface area contributed by atoms with Crippen LogP contribution in [-0.2, 0) is 0 Å². The summed E-state index contributed by atoms with van der Waals surface area (Å²) >= 11 is 3.53. The Morgan fingerprint density at radius 2 is 1.46 bits per heavy atom. The van der Waals surface area contributed by atoms with Gasteiger partial charge in [-0.05, 0) is 29.5 Å². The number of aryl methyl sites for hydroxylation is 1. The lowest BCUT2D eigenvalue weighted by Gasteiger charge is -1.98. The predicted molar refractivity (Wildman–Crippen MR) is 63.6 cm³/mol. The second kappa shape index (κ2) is 4.93. The first-order chi connectivity index (χ1) is 6.38. The van der Waals surface area contributed by atoms with Crippen molar-refractivity contribution in [2.45, 2.75) is 6.92 Å². The number of thiol groups is 1. The van der Waals surface area contributed by atoms with Crippen molar-refractivity contribution in [3.63, 3.8) is 0 Å². The van der Waals surface area contributed by atoms with Gasteiger partial charge < -0.3 is 0 Å². The molecule has 0 radical (unpaired) electrons. The van der Waals surface area contributed by atoms with Crippen LogP contribution >= 0.6 is 12.6 Å². The van der Waals surface area contributed by atoms with Crippen LogP contribution in [-0.4, -0.2) is 6.26 Å². The van der Waals surface area contributed by atoms with Gasteiger partial charge in [-0.2, -0.15) is 12.6 Å². The lowest BCUT2D eigenvalue weighted by atomic mass is 10.1. The molecule has 0 bridgehead atoms. The fourth-order valence-corrected chi connectivity index (χ4v) is 1.39. The van der Waals surface area contributed by atoms with E-state index in [1.165, 1.54) is 16.3 Å². The maximum absolute atomic E-state index is 3.53. The van der Waals surface area contributed by atoms with Gasteiger partial charge in [-0.1, -0.05) is 42.5 Å². The van der Waals surface area contributed by atoms with E-state index in [4.69, 9.17) is 0 Å². The summed E-state index contributed by atoms with van der Waals surface area (Å²) in [5.74, 6) is 0.